The fraction of sp³-hybridized carbons (Fsp3) is 0.120. The predicted molar refractivity (Wildman–Crippen MR) is 113 cm³/mol. The van der Waals surface area contributed by atoms with Gasteiger partial charge in [-0.3, -0.25) is 9.78 Å². The number of benzene rings is 3. The quantitative estimate of drug-likeness (QED) is 0.475. The van der Waals surface area contributed by atoms with Crippen molar-refractivity contribution < 1.29 is 4.79 Å². The van der Waals surface area contributed by atoms with Crippen LogP contribution in [0.1, 0.15) is 27.2 Å². The van der Waals surface area contributed by atoms with Crippen molar-refractivity contribution in [3.8, 4) is 0 Å². The van der Waals surface area contributed by atoms with Crippen molar-refractivity contribution in [1.82, 2.24) is 9.88 Å². The third-order valence-electron chi connectivity index (χ3n) is 4.79. The summed E-state index contributed by atoms with van der Waals surface area (Å²) in [5.74, 6) is 0.0226. The average molecular weight is 366 g/mol. The summed E-state index contributed by atoms with van der Waals surface area (Å²) in [6.45, 7) is 3.05. The molecule has 138 valence electrons. The van der Waals surface area contributed by atoms with Gasteiger partial charge in [0.2, 0.25) is 0 Å². The van der Waals surface area contributed by atoms with Crippen LogP contribution >= 0.6 is 0 Å². The molecule has 0 radical (unpaired) electrons. The second-order valence-electron chi connectivity index (χ2n) is 6.96. The molecule has 0 unspecified atom stereocenters. The van der Waals surface area contributed by atoms with Crippen molar-refractivity contribution >= 4 is 16.8 Å². The van der Waals surface area contributed by atoms with E-state index in [1.807, 2.05) is 78.6 Å². The number of aryl methyl sites for hydroxylation is 1. The van der Waals surface area contributed by atoms with Crippen LogP contribution in [-0.4, -0.2) is 15.8 Å². The molecule has 3 heteroatoms. The van der Waals surface area contributed by atoms with Crippen LogP contribution in [0.5, 0.6) is 0 Å². The molecule has 0 spiro atoms. The SMILES string of the molecule is Cc1cc(C(=O)N(Cc2ccccc2)Cc2ccccc2)c2ccccc2n1. The highest BCUT2D eigenvalue weighted by atomic mass is 16.2. The zero-order chi connectivity index (χ0) is 19.3. The molecule has 0 aliphatic heterocycles. The van der Waals surface area contributed by atoms with E-state index in [4.69, 9.17) is 0 Å². The smallest absolute Gasteiger partial charge is 0.255 e. The van der Waals surface area contributed by atoms with Crippen LogP contribution in [0, 0.1) is 6.92 Å². The lowest BCUT2D eigenvalue weighted by atomic mass is 10.1. The second-order valence-corrected chi connectivity index (χ2v) is 6.96. The molecule has 0 saturated carbocycles. The highest BCUT2D eigenvalue weighted by molar-refractivity contribution is 6.06. The van der Waals surface area contributed by atoms with Gasteiger partial charge in [0.05, 0.1) is 11.1 Å². The molecule has 0 atom stereocenters. The molecule has 1 heterocycles. The molecule has 0 bridgehead atoms. The number of carbonyl (C=O) groups is 1. The molecule has 3 nitrogen and oxygen atoms in total. The molecule has 4 rings (SSSR count). The number of amides is 1. The first kappa shape index (κ1) is 17.9. The van der Waals surface area contributed by atoms with Crippen molar-refractivity contribution in [3.05, 3.63) is 113 Å². The maximum Gasteiger partial charge on any atom is 0.255 e. The Morgan fingerprint density at radius 2 is 1.32 bits per heavy atom. The van der Waals surface area contributed by atoms with Gasteiger partial charge in [-0.2, -0.15) is 0 Å². The summed E-state index contributed by atoms with van der Waals surface area (Å²) in [4.78, 5) is 20.1. The average Bonchev–Trinajstić information content (AvgIpc) is 2.73. The molecule has 0 aliphatic carbocycles. The number of rotatable bonds is 5. The predicted octanol–water partition coefficient (Wildman–Crippen LogP) is 5.39. The molecular weight excluding hydrogens is 344 g/mol. The second kappa shape index (κ2) is 8.05. The van der Waals surface area contributed by atoms with Crippen LogP contribution in [0.2, 0.25) is 0 Å². The first-order valence-corrected chi connectivity index (χ1v) is 9.44. The minimum absolute atomic E-state index is 0.0226. The van der Waals surface area contributed by atoms with Crippen LogP contribution in [0.4, 0.5) is 0 Å². The molecule has 28 heavy (non-hydrogen) atoms. The van der Waals surface area contributed by atoms with Crippen molar-refractivity contribution in [2.24, 2.45) is 0 Å². The van der Waals surface area contributed by atoms with Gasteiger partial charge in [0, 0.05) is 24.2 Å². The van der Waals surface area contributed by atoms with E-state index in [-0.39, 0.29) is 5.91 Å². The van der Waals surface area contributed by atoms with E-state index in [0.717, 1.165) is 27.7 Å². The van der Waals surface area contributed by atoms with Crippen molar-refractivity contribution in [2.45, 2.75) is 20.0 Å². The van der Waals surface area contributed by atoms with Gasteiger partial charge in [-0.25, -0.2) is 0 Å². The Labute approximate surface area is 165 Å². The Morgan fingerprint density at radius 1 is 0.786 bits per heavy atom. The summed E-state index contributed by atoms with van der Waals surface area (Å²) in [6, 6.07) is 30.0. The highest BCUT2D eigenvalue weighted by Gasteiger charge is 2.20. The Morgan fingerprint density at radius 3 is 1.93 bits per heavy atom. The molecule has 4 aromatic rings. The lowest BCUT2D eigenvalue weighted by Crippen LogP contribution is -2.30. The fourth-order valence-corrected chi connectivity index (χ4v) is 3.46. The Hall–Kier alpha value is -3.46. The topological polar surface area (TPSA) is 33.2 Å². The van der Waals surface area contributed by atoms with Crippen molar-refractivity contribution in [3.63, 3.8) is 0 Å². The monoisotopic (exact) mass is 366 g/mol. The highest BCUT2D eigenvalue weighted by Crippen LogP contribution is 2.22. The minimum atomic E-state index is 0.0226. The lowest BCUT2D eigenvalue weighted by Gasteiger charge is -2.24. The number of hydrogen-bond acceptors (Lipinski definition) is 2. The molecule has 0 N–H and O–H groups in total. The maximum absolute atomic E-state index is 13.6. The van der Waals surface area contributed by atoms with Crippen LogP contribution in [0.3, 0.4) is 0 Å². The largest absolute Gasteiger partial charge is 0.330 e. The van der Waals surface area contributed by atoms with Crippen molar-refractivity contribution in [1.29, 1.82) is 0 Å². The van der Waals surface area contributed by atoms with E-state index >= 15 is 0 Å². The molecule has 3 aromatic carbocycles. The lowest BCUT2D eigenvalue weighted by molar-refractivity contribution is 0.0732. The van der Waals surface area contributed by atoms with Crippen LogP contribution in [-0.2, 0) is 13.1 Å². The first-order chi connectivity index (χ1) is 13.7. The summed E-state index contributed by atoms with van der Waals surface area (Å²) < 4.78 is 0. The summed E-state index contributed by atoms with van der Waals surface area (Å²) in [5, 5.41) is 0.893. The third-order valence-corrected chi connectivity index (χ3v) is 4.79. The van der Waals surface area contributed by atoms with Gasteiger partial charge in [0.15, 0.2) is 0 Å². The van der Waals surface area contributed by atoms with Gasteiger partial charge in [-0.1, -0.05) is 78.9 Å². The first-order valence-electron chi connectivity index (χ1n) is 9.44. The number of hydrogen-bond donors (Lipinski definition) is 0. The number of carbonyl (C=O) groups excluding carboxylic acids is 1. The molecule has 1 amide bonds. The van der Waals surface area contributed by atoms with E-state index in [0.29, 0.717) is 18.7 Å². The Balaban J connectivity index is 1.74. The van der Waals surface area contributed by atoms with Gasteiger partial charge in [-0.15, -0.1) is 0 Å². The van der Waals surface area contributed by atoms with Crippen LogP contribution in [0.15, 0.2) is 91.0 Å². The minimum Gasteiger partial charge on any atom is -0.330 e. The number of pyridine rings is 1. The number of fused-ring (bicyclic) bond motifs is 1. The molecular formula is C25H22N2O. The normalized spacial score (nSPS) is 10.8. The Kier molecular flexibility index (Phi) is 5.16. The van der Waals surface area contributed by atoms with Crippen LogP contribution in [0.25, 0.3) is 10.9 Å². The number of aromatic nitrogens is 1. The van der Waals surface area contributed by atoms with Crippen molar-refractivity contribution in [2.75, 3.05) is 0 Å². The number of para-hydroxylation sites is 1. The van der Waals surface area contributed by atoms with Crippen LogP contribution < -0.4 is 0 Å². The van der Waals surface area contributed by atoms with E-state index in [1.54, 1.807) is 0 Å². The summed E-state index contributed by atoms with van der Waals surface area (Å²) in [7, 11) is 0. The zero-order valence-corrected chi connectivity index (χ0v) is 15.9. The fourth-order valence-electron chi connectivity index (χ4n) is 3.46. The van der Waals surface area contributed by atoms with Gasteiger partial charge >= 0.3 is 0 Å². The van der Waals surface area contributed by atoms with Gasteiger partial charge in [0.25, 0.3) is 5.91 Å². The van der Waals surface area contributed by atoms with Gasteiger partial charge in [-0.05, 0) is 30.2 Å². The number of nitrogens with zero attached hydrogens (tertiary/aromatic N) is 2. The molecule has 0 fully saturated rings. The maximum atomic E-state index is 13.6. The van der Waals surface area contributed by atoms with E-state index in [1.165, 1.54) is 0 Å². The Bertz CT molecular complexity index is 1050. The van der Waals surface area contributed by atoms with Gasteiger partial charge in [0.1, 0.15) is 0 Å². The van der Waals surface area contributed by atoms with E-state index < -0.39 is 0 Å². The summed E-state index contributed by atoms with van der Waals surface area (Å²) in [5.41, 5.74) is 4.63. The summed E-state index contributed by atoms with van der Waals surface area (Å²) in [6.07, 6.45) is 0. The van der Waals surface area contributed by atoms with E-state index in [9.17, 15) is 4.79 Å². The standard InChI is InChI=1S/C25H22N2O/c1-19-16-23(22-14-8-9-15-24(22)26-19)25(28)27(17-20-10-4-2-5-11-20)18-21-12-6-3-7-13-21/h2-16H,17-18H2,1H3. The van der Waals surface area contributed by atoms with E-state index in [2.05, 4.69) is 29.2 Å². The zero-order valence-electron chi connectivity index (χ0n) is 15.9. The molecule has 0 aliphatic rings. The molecule has 1 aromatic heterocycles. The van der Waals surface area contributed by atoms with Gasteiger partial charge < -0.3 is 4.90 Å². The summed E-state index contributed by atoms with van der Waals surface area (Å²) >= 11 is 0. The third kappa shape index (κ3) is 3.94. The molecule has 0 saturated heterocycles.